The highest BCUT2D eigenvalue weighted by Crippen LogP contribution is 2.33. The summed E-state index contributed by atoms with van der Waals surface area (Å²) in [6.45, 7) is 7.31. The molecule has 0 saturated carbocycles. The molecule has 32 heavy (non-hydrogen) atoms. The molecular weight excluding hydrogens is 475 g/mol. The van der Waals surface area contributed by atoms with Gasteiger partial charge in [-0.1, -0.05) is 13.8 Å². The molecule has 0 amide bonds. The lowest BCUT2D eigenvalue weighted by molar-refractivity contribution is -0.136. The van der Waals surface area contributed by atoms with Gasteiger partial charge in [-0.3, -0.25) is 9.59 Å². The second kappa shape index (κ2) is 11.1. The fourth-order valence-corrected chi connectivity index (χ4v) is 3.68. The Labute approximate surface area is 186 Å². The van der Waals surface area contributed by atoms with Gasteiger partial charge in [0, 0.05) is 16.5 Å². The molecule has 1 aromatic carbocycles. The van der Waals surface area contributed by atoms with Crippen LogP contribution in [0.25, 0.3) is 11.6 Å². The van der Waals surface area contributed by atoms with E-state index in [0.29, 0.717) is 21.2 Å². The van der Waals surface area contributed by atoms with Crippen LogP contribution in [0.1, 0.15) is 41.9 Å². The minimum Gasteiger partial charge on any atom is -0.481 e. The highest BCUT2D eigenvalue weighted by atomic mass is 32.2. The van der Waals surface area contributed by atoms with Gasteiger partial charge in [-0.05, 0) is 37.6 Å². The smallest absolute Gasteiger partial charge is 0.481 e. The molecule has 0 spiro atoms. The largest absolute Gasteiger partial charge is 0.534 e. The van der Waals surface area contributed by atoms with Crippen molar-refractivity contribution in [3.05, 3.63) is 39.3 Å². The van der Waals surface area contributed by atoms with Crippen molar-refractivity contribution in [1.82, 2.24) is 4.98 Å². The third-order valence-corrected chi connectivity index (χ3v) is 5.83. The molecule has 0 fully saturated rings. The van der Waals surface area contributed by atoms with Crippen LogP contribution in [0.3, 0.4) is 0 Å². The third-order valence-electron chi connectivity index (χ3n) is 3.56. The number of alkyl halides is 3. The van der Waals surface area contributed by atoms with E-state index in [0.717, 1.165) is 23.5 Å². The number of hydrogen-bond donors (Lipinski definition) is 1. The summed E-state index contributed by atoms with van der Waals surface area (Å²) in [4.78, 5) is 26.5. The molecule has 1 aromatic heterocycles. The number of ether oxygens (including phenoxy) is 1. The highest BCUT2D eigenvalue weighted by molar-refractivity contribution is 7.88. The van der Waals surface area contributed by atoms with Crippen molar-refractivity contribution in [2.75, 3.05) is 0 Å². The summed E-state index contributed by atoms with van der Waals surface area (Å²) in [6, 6.07) is 2.98. The molecule has 0 atom stereocenters. The zero-order chi connectivity index (χ0) is 24.7. The van der Waals surface area contributed by atoms with E-state index in [4.69, 9.17) is 9.84 Å². The van der Waals surface area contributed by atoms with Gasteiger partial charge in [-0.15, -0.1) is 11.3 Å². The predicted molar refractivity (Wildman–Crippen MR) is 112 cm³/mol. The number of carboxylic acids is 1. The van der Waals surface area contributed by atoms with Crippen LogP contribution in [-0.2, 0) is 26.1 Å². The Balaban J connectivity index is 0.00000249. The number of benzene rings is 1. The molecule has 0 radical (unpaired) electrons. The maximum Gasteiger partial charge on any atom is 0.534 e. The molecule has 0 unspecified atom stereocenters. The second-order valence-electron chi connectivity index (χ2n) is 5.82. The van der Waals surface area contributed by atoms with Gasteiger partial charge in [0.15, 0.2) is 0 Å². The van der Waals surface area contributed by atoms with Gasteiger partial charge in [0.05, 0.1) is 12.1 Å². The number of carbonyl (C=O) groups excluding carboxylic acids is 1. The van der Waals surface area contributed by atoms with Gasteiger partial charge in [0.2, 0.25) is 0 Å². The number of nitrogens with zero attached hydrogens (tertiary/aromatic N) is 1. The molecule has 0 aliphatic rings. The van der Waals surface area contributed by atoms with Crippen LogP contribution in [0.2, 0.25) is 0 Å². The molecule has 8 nitrogen and oxygen atoms in total. The topological polar surface area (TPSA) is 120 Å². The van der Waals surface area contributed by atoms with Crippen LogP contribution in [0.5, 0.6) is 11.5 Å². The van der Waals surface area contributed by atoms with Crippen molar-refractivity contribution in [2.24, 2.45) is 0 Å². The van der Waals surface area contributed by atoms with E-state index >= 15 is 0 Å². The molecule has 0 aliphatic heterocycles. The van der Waals surface area contributed by atoms with Crippen LogP contribution < -0.4 is 8.92 Å². The first-order chi connectivity index (χ1) is 14.8. The van der Waals surface area contributed by atoms with E-state index in [1.807, 2.05) is 13.8 Å². The number of halogens is 3. The van der Waals surface area contributed by atoms with Gasteiger partial charge in [0.1, 0.15) is 16.5 Å². The van der Waals surface area contributed by atoms with Crippen LogP contribution in [-0.4, -0.2) is 36.5 Å². The van der Waals surface area contributed by atoms with E-state index in [1.54, 1.807) is 13.8 Å². The first-order valence-electron chi connectivity index (χ1n) is 8.96. The first-order valence-corrected chi connectivity index (χ1v) is 11.2. The lowest BCUT2D eigenvalue weighted by atomic mass is 10.1. The second-order valence-corrected chi connectivity index (χ2v) is 8.44. The molecule has 2 rings (SSSR count). The number of aryl methyl sites for hydroxylation is 1. The zero-order valence-electron chi connectivity index (χ0n) is 17.4. The van der Waals surface area contributed by atoms with E-state index < -0.39 is 27.3 Å². The van der Waals surface area contributed by atoms with E-state index in [9.17, 15) is 31.2 Å². The number of carboxylic acid groups (broad SMARTS) is 1. The van der Waals surface area contributed by atoms with Gasteiger partial charge >= 0.3 is 21.6 Å². The van der Waals surface area contributed by atoms with Crippen molar-refractivity contribution < 1.29 is 45.2 Å². The number of aliphatic carboxylic acids is 1. The summed E-state index contributed by atoms with van der Waals surface area (Å²) in [5.41, 5.74) is -4.31. The van der Waals surface area contributed by atoms with Crippen molar-refractivity contribution in [1.29, 1.82) is 0 Å². The lowest BCUT2D eigenvalue weighted by Crippen LogP contribution is -2.28. The Morgan fingerprint density at radius 3 is 2.44 bits per heavy atom. The number of aromatic nitrogens is 1. The Morgan fingerprint density at radius 1 is 1.28 bits per heavy atom. The number of carbonyl (C=O) groups is 2. The monoisotopic (exact) mass is 495 g/mol. The third kappa shape index (κ3) is 7.05. The fraction of sp³-hybridized carbons (Fsp3) is 0.316. The van der Waals surface area contributed by atoms with Crippen LogP contribution >= 0.6 is 11.3 Å². The maximum atomic E-state index is 12.5. The van der Waals surface area contributed by atoms with Crippen molar-refractivity contribution >= 4 is 45.5 Å². The molecule has 1 heterocycles. The Hall–Kier alpha value is -2.93. The Kier molecular flexibility index (Phi) is 9.39. The average molecular weight is 495 g/mol. The molecule has 0 aliphatic carbocycles. The van der Waals surface area contributed by atoms with Crippen LogP contribution in [0.15, 0.2) is 18.2 Å². The molecule has 176 valence electrons. The summed E-state index contributed by atoms with van der Waals surface area (Å²) < 4.78 is 68.4. The number of allylic oxidation sites excluding steroid dienone is 1. The summed E-state index contributed by atoms with van der Waals surface area (Å²) in [7, 11) is -5.89. The minimum absolute atomic E-state index is 0.0164. The fourth-order valence-electron chi connectivity index (χ4n) is 2.21. The molecule has 1 N–H and O–H groups in total. The summed E-state index contributed by atoms with van der Waals surface area (Å²) in [6.07, 6.45) is 1.29. The van der Waals surface area contributed by atoms with Crippen molar-refractivity contribution in [2.45, 2.75) is 39.6 Å². The van der Waals surface area contributed by atoms with Gasteiger partial charge in [-0.2, -0.15) is 21.6 Å². The van der Waals surface area contributed by atoms with Crippen molar-refractivity contribution in [3.8, 4) is 11.5 Å². The SMILES string of the molecule is C/C(=C\c1ccc(OS(=O)(=O)C(F)(F)F)cc1OC=O)c1nc(C)c(CC(=O)O)s1.CC. The lowest BCUT2D eigenvalue weighted by Gasteiger charge is -2.11. The van der Waals surface area contributed by atoms with E-state index in [1.165, 1.54) is 12.1 Å². The zero-order valence-corrected chi connectivity index (χ0v) is 19.0. The standard InChI is InChI=1S/C17H14F3NO7S2.C2H6/c1-9(16-21-10(2)14(29-16)7-15(23)24)5-11-3-4-12(6-13(11)27-8-22)28-30(25,26)17(18,19)20;1-2/h3-6,8H,7H2,1-2H3,(H,23,24);1-2H3/b9-5+;. The summed E-state index contributed by atoms with van der Waals surface area (Å²) in [5, 5.41) is 9.40. The van der Waals surface area contributed by atoms with Gasteiger partial charge in [0.25, 0.3) is 6.47 Å². The molecule has 0 saturated heterocycles. The first kappa shape index (κ1) is 27.1. The molecular formula is C19H20F3NO7S2. The van der Waals surface area contributed by atoms with E-state index in [2.05, 4.69) is 9.17 Å². The van der Waals surface area contributed by atoms with Gasteiger partial charge in [-0.25, -0.2) is 4.98 Å². The Morgan fingerprint density at radius 2 is 1.91 bits per heavy atom. The quantitative estimate of drug-likeness (QED) is 0.325. The summed E-state index contributed by atoms with van der Waals surface area (Å²) in [5.74, 6) is -1.97. The maximum absolute atomic E-state index is 12.5. The van der Waals surface area contributed by atoms with Crippen molar-refractivity contribution in [3.63, 3.8) is 0 Å². The average Bonchev–Trinajstić information content (AvgIpc) is 3.04. The number of thiazole rings is 1. The van der Waals surface area contributed by atoms with Crippen LogP contribution in [0, 0.1) is 6.92 Å². The minimum atomic E-state index is -5.89. The molecule has 2 aromatic rings. The molecule has 0 bridgehead atoms. The highest BCUT2D eigenvalue weighted by Gasteiger charge is 2.48. The predicted octanol–water partition coefficient (Wildman–Crippen LogP) is 4.43. The van der Waals surface area contributed by atoms with Gasteiger partial charge < -0.3 is 14.0 Å². The number of hydrogen-bond acceptors (Lipinski definition) is 8. The normalized spacial score (nSPS) is 11.9. The Bertz CT molecular complexity index is 1110. The molecule has 13 heteroatoms. The summed E-state index contributed by atoms with van der Waals surface area (Å²) >= 11 is 1.15. The number of rotatable bonds is 8. The van der Waals surface area contributed by atoms with E-state index in [-0.39, 0.29) is 24.2 Å². The van der Waals surface area contributed by atoms with Crippen LogP contribution in [0.4, 0.5) is 13.2 Å².